The van der Waals surface area contributed by atoms with Crippen LogP contribution in [0.2, 0.25) is 0 Å². The third-order valence-electron chi connectivity index (χ3n) is 5.30. The predicted molar refractivity (Wildman–Crippen MR) is 93.9 cm³/mol. The van der Waals surface area contributed by atoms with Crippen molar-refractivity contribution < 1.29 is 4.79 Å². The Morgan fingerprint density at radius 3 is 2.38 bits per heavy atom. The van der Waals surface area contributed by atoms with Gasteiger partial charge in [-0.1, -0.05) is 42.5 Å². The maximum absolute atomic E-state index is 12.6. The lowest BCUT2D eigenvalue weighted by Crippen LogP contribution is -2.41. The van der Waals surface area contributed by atoms with Gasteiger partial charge in [0.2, 0.25) is 0 Å². The Morgan fingerprint density at radius 2 is 1.75 bits per heavy atom. The first-order valence-corrected chi connectivity index (χ1v) is 8.22. The van der Waals surface area contributed by atoms with E-state index in [-0.39, 0.29) is 11.7 Å². The maximum Gasteiger partial charge on any atom is 0.510 e. The monoisotopic (exact) mass is 316 g/mol. The van der Waals surface area contributed by atoms with Gasteiger partial charge in [0.1, 0.15) is 17.8 Å². The lowest BCUT2D eigenvalue weighted by atomic mass is 9.64. The molecule has 0 unspecified atom stereocenters. The van der Waals surface area contributed by atoms with E-state index in [0.29, 0.717) is 19.3 Å². The highest BCUT2D eigenvalue weighted by atomic mass is 16.1. The van der Waals surface area contributed by atoms with Gasteiger partial charge in [0.05, 0.1) is 5.41 Å². The summed E-state index contributed by atoms with van der Waals surface area (Å²) in [6.45, 7) is 19.2. The van der Waals surface area contributed by atoms with E-state index >= 15 is 0 Å². The van der Waals surface area contributed by atoms with Crippen molar-refractivity contribution in [3.63, 3.8) is 0 Å². The molecule has 120 valence electrons. The summed E-state index contributed by atoms with van der Waals surface area (Å²) in [5, 5.41) is 0. The zero-order chi connectivity index (χ0) is 17.4. The van der Waals surface area contributed by atoms with Gasteiger partial charge in [-0.25, -0.2) is 22.8 Å². The van der Waals surface area contributed by atoms with Crippen LogP contribution < -0.4 is 0 Å². The molecule has 0 saturated heterocycles. The van der Waals surface area contributed by atoms with Crippen LogP contribution in [-0.4, -0.2) is 11.4 Å². The third kappa shape index (κ3) is 2.29. The van der Waals surface area contributed by atoms with Crippen LogP contribution in [0, 0.1) is 18.6 Å². The second-order valence-corrected chi connectivity index (χ2v) is 7.01. The lowest BCUT2D eigenvalue weighted by Gasteiger charge is -2.35. The van der Waals surface area contributed by atoms with Crippen molar-refractivity contribution in [3.05, 3.63) is 82.0 Å². The van der Waals surface area contributed by atoms with Gasteiger partial charge in [0, 0.05) is 12.3 Å². The molecule has 0 aromatic heterocycles. The lowest BCUT2D eigenvalue weighted by molar-refractivity contribution is -0.126. The van der Waals surface area contributed by atoms with Crippen LogP contribution in [0.5, 0.6) is 0 Å². The molecule has 0 fully saturated rings. The molecule has 1 aromatic rings. The molecule has 2 aliphatic carbocycles. The molecule has 1 aromatic carbocycles. The molecule has 0 spiro atoms. The van der Waals surface area contributed by atoms with E-state index in [4.69, 9.17) is 13.1 Å². The zero-order valence-corrected chi connectivity index (χ0v) is 14.0. The van der Waals surface area contributed by atoms with E-state index in [1.807, 2.05) is 38.1 Å². The van der Waals surface area contributed by atoms with Gasteiger partial charge in [0.15, 0.2) is 0 Å². The average Bonchev–Trinajstić information content (AvgIpc) is 2.77. The van der Waals surface area contributed by atoms with Crippen LogP contribution in [0.4, 0.5) is 0 Å². The van der Waals surface area contributed by atoms with Crippen LogP contribution in [0.3, 0.4) is 0 Å². The topological polar surface area (TPSA) is 25.8 Å². The summed E-state index contributed by atoms with van der Waals surface area (Å²) in [6, 6.07) is 10.1. The first-order chi connectivity index (χ1) is 11.5. The Morgan fingerprint density at radius 1 is 1.08 bits per heavy atom. The number of carbonyl (C=O) groups excluding carboxylic acids is 1. The minimum Gasteiger partial charge on any atom is -0.299 e. The second-order valence-electron chi connectivity index (χ2n) is 7.01. The summed E-state index contributed by atoms with van der Waals surface area (Å²) >= 11 is 0. The minimum atomic E-state index is -1.28. The molecular weight excluding hydrogens is 296 g/mol. The first kappa shape index (κ1) is 16.2. The van der Waals surface area contributed by atoms with Gasteiger partial charge in [-0.15, -0.1) is 0 Å². The highest BCUT2D eigenvalue weighted by Gasteiger charge is 2.59. The maximum atomic E-state index is 12.6. The average molecular weight is 316 g/mol. The number of rotatable bonds is 1. The number of nitrogens with zero attached hydrogens (tertiary/aromatic N) is 2. The van der Waals surface area contributed by atoms with Crippen molar-refractivity contribution in [1.29, 1.82) is 0 Å². The van der Waals surface area contributed by atoms with Crippen LogP contribution in [0.1, 0.15) is 44.6 Å². The van der Waals surface area contributed by atoms with Crippen molar-refractivity contribution in [3.8, 4) is 0 Å². The highest BCUT2D eigenvalue weighted by molar-refractivity contribution is 5.90. The molecule has 24 heavy (non-hydrogen) atoms. The quantitative estimate of drug-likeness (QED) is 0.531. The van der Waals surface area contributed by atoms with E-state index in [0.717, 1.165) is 16.7 Å². The summed E-state index contributed by atoms with van der Waals surface area (Å²) in [4.78, 5) is 20.1. The molecule has 3 heteroatoms. The van der Waals surface area contributed by atoms with E-state index in [9.17, 15) is 4.79 Å². The summed E-state index contributed by atoms with van der Waals surface area (Å²) < 4.78 is 0. The largest absolute Gasteiger partial charge is 0.510 e. The Balaban J connectivity index is 2.31. The SMILES string of the molecule is [C-]#[N+]C1([N+]#[C-])CC=C[C@@H](c2ccccc2)C2=C1C(C)(C)C(=O)CC2. The van der Waals surface area contributed by atoms with Gasteiger partial charge < -0.3 is 0 Å². The molecule has 0 aliphatic heterocycles. The number of hydrogen-bond donors (Lipinski definition) is 0. The Bertz CT molecular complexity index is 802. The Kier molecular flexibility index (Phi) is 3.90. The fourth-order valence-corrected chi connectivity index (χ4v) is 4.08. The first-order valence-electron chi connectivity index (χ1n) is 8.22. The molecular formula is C21H20N2O. The molecule has 0 radical (unpaired) electrons. The van der Waals surface area contributed by atoms with Gasteiger partial charge in [-0.2, -0.15) is 0 Å². The summed E-state index contributed by atoms with van der Waals surface area (Å²) in [5.41, 5.74) is 0.940. The summed E-state index contributed by atoms with van der Waals surface area (Å²) in [6.07, 6.45) is 5.52. The van der Waals surface area contributed by atoms with Crippen molar-refractivity contribution in [2.75, 3.05) is 0 Å². The van der Waals surface area contributed by atoms with Gasteiger partial charge in [-0.3, -0.25) is 4.79 Å². The van der Waals surface area contributed by atoms with E-state index < -0.39 is 11.1 Å². The number of benzene rings is 1. The fourth-order valence-electron chi connectivity index (χ4n) is 4.08. The minimum absolute atomic E-state index is 0.0407. The highest BCUT2D eigenvalue weighted by Crippen LogP contribution is 2.52. The fraction of sp³-hybridized carbons (Fsp3) is 0.381. The van der Waals surface area contributed by atoms with E-state index in [1.54, 1.807) is 0 Å². The molecule has 3 rings (SSSR count). The predicted octanol–water partition coefficient (Wildman–Crippen LogP) is 4.95. The molecule has 0 heterocycles. The number of carbonyl (C=O) groups is 1. The Labute approximate surface area is 143 Å². The van der Waals surface area contributed by atoms with Gasteiger partial charge >= 0.3 is 5.66 Å². The molecule has 0 bridgehead atoms. The molecule has 0 saturated carbocycles. The van der Waals surface area contributed by atoms with E-state index in [1.165, 1.54) is 0 Å². The smallest absolute Gasteiger partial charge is 0.299 e. The van der Waals surface area contributed by atoms with E-state index in [2.05, 4.69) is 27.9 Å². The van der Waals surface area contributed by atoms with Crippen molar-refractivity contribution in [2.24, 2.45) is 5.41 Å². The standard InChI is InChI=1S/C21H20N2O/c1-20(2)18(24)13-12-17-16(15-9-6-5-7-10-15)11-8-14-21(22-3,23-4)19(17)20/h5-11,16H,12-14H2,1-2H3/t16-/m0/s1. The second kappa shape index (κ2) is 5.77. The Hall–Kier alpha value is -2.65. The molecule has 0 amide bonds. The number of hydrogen-bond acceptors (Lipinski definition) is 1. The number of Topliss-reactive ketones (excluding diaryl/α,β-unsaturated/α-hetero) is 1. The zero-order valence-electron chi connectivity index (χ0n) is 14.0. The molecule has 3 nitrogen and oxygen atoms in total. The van der Waals surface area contributed by atoms with Gasteiger partial charge in [-0.05, 0) is 31.4 Å². The molecule has 0 N–H and O–H groups in total. The molecule has 2 aliphatic rings. The van der Waals surface area contributed by atoms with Crippen molar-refractivity contribution in [2.45, 2.75) is 44.7 Å². The van der Waals surface area contributed by atoms with Crippen LogP contribution >= 0.6 is 0 Å². The van der Waals surface area contributed by atoms with Gasteiger partial charge in [0.25, 0.3) is 0 Å². The number of ketones is 1. The van der Waals surface area contributed by atoms with Crippen LogP contribution in [0.25, 0.3) is 9.69 Å². The van der Waals surface area contributed by atoms with Crippen molar-refractivity contribution >= 4 is 5.78 Å². The van der Waals surface area contributed by atoms with Crippen LogP contribution in [-0.2, 0) is 4.79 Å². The van der Waals surface area contributed by atoms with Crippen LogP contribution in [0.15, 0.2) is 53.6 Å². The summed E-state index contributed by atoms with van der Waals surface area (Å²) in [5.74, 6) is 0.172. The van der Waals surface area contributed by atoms with Crippen molar-refractivity contribution in [1.82, 2.24) is 0 Å². The molecule has 1 atom stereocenters. The number of allylic oxidation sites excluding steroid dienone is 2. The normalized spacial score (nSPS) is 24.5. The summed E-state index contributed by atoms with van der Waals surface area (Å²) in [7, 11) is 0. The third-order valence-corrected chi connectivity index (χ3v) is 5.30.